The fourth-order valence-electron chi connectivity index (χ4n) is 6.87. The summed E-state index contributed by atoms with van der Waals surface area (Å²) in [6, 6.07) is -0.802. The molecular formula is C42H85NO4. The van der Waals surface area contributed by atoms with E-state index in [1.54, 1.807) is 0 Å². The molecule has 0 bridgehead atoms. The van der Waals surface area contributed by atoms with Crippen LogP contribution in [0.1, 0.15) is 239 Å². The molecule has 5 nitrogen and oxygen atoms in total. The minimum absolute atomic E-state index is 0.140. The first-order valence-corrected chi connectivity index (χ1v) is 21.3. The molecule has 0 aliphatic rings. The van der Waals surface area contributed by atoms with Gasteiger partial charge in [0.2, 0.25) is 5.91 Å². The lowest BCUT2D eigenvalue weighted by Gasteiger charge is -2.26. The number of carbonyl (C=O) groups excluding carboxylic acids is 1. The van der Waals surface area contributed by atoms with E-state index in [1.165, 1.54) is 180 Å². The van der Waals surface area contributed by atoms with Gasteiger partial charge in [0.1, 0.15) is 6.10 Å². The normalized spacial score (nSPS) is 13.6. The van der Waals surface area contributed by atoms with Crippen molar-refractivity contribution in [3.8, 4) is 0 Å². The van der Waals surface area contributed by atoms with Crippen LogP contribution in [0.4, 0.5) is 0 Å². The van der Waals surface area contributed by atoms with Crippen molar-refractivity contribution < 1.29 is 20.1 Å². The first-order valence-electron chi connectivity index (χ1n) is 21.3. The lowest BCUT2D eigenvalue weighted by atomic mass is 9.99. The van der Waals surface area contributed by atoms with Crippen LogP contribution in [0.2, 0.25) is 0 Å². The number of carbonyl (C=O) groups is 1. The van der Waals surface area contributed by atoms with Crippen LogP contribution < -0.4 is 5.32 Å². The highest BCUT2D eigenvalue weighted by Crippen LogP contribution is 2.17. The highest BCUT2D eigenvalue weighted by atomic mass is 16.3. The van der Waals surface area contributed by atoms with Crippen molar-refractivity contribution in [2.75, 3.05) is 6.61 Å². The van der Waals surface area contributed by atoms with Gasteiger partial charge in [-0.3, -0.25) is 4.79 Å². The Balaban J connectivity index is 3.60. The van der Waals surface area contributed by atoms with Gasteiger partial charge < -0.3 is 20.6 Å². The van der Waals surface area contributed by atoms with E-state index < -0.39 is 18.2 Å². The van der Waals surface area contributed by atoms with Crippen LogP contribution in [0.25, 0.3) is 0 Å². The van der Waals surface area contributed by atoms with E-state index in [2.05, 4.69) is 19.2 Å². The van der Waals surface area contributed by atoms with E-state index in [1.807, 2.05) is 0 Å². The van der Waals surface area contributed by atoms with Crippen molar-refractivity contribution in [2.24, 2.45) is 0 Å². The second-order valence-corrected chi connectivity index (χ2v) is 14.9. The van der Waals surface area contributed by atoms with Gasteiger partial charge in [0, 0.05) is 6.42 Å². The third-order valence-corrected chi connectivity index (χ3v) is 10.2. The molecule has 0 radical (unpaired) electrons. The Morgan fingerprint density at radius 3 is 1.02 bits per heavy atom. The quantitative estimate of drug-likeness (QED) is 0.0491. The molecule has 0 unspecified atom stereocenters. The van der Waals surface area contributed by atoms with Gasteiger partial charge in [0.15, 0.2) is 0 Å². The number of unbranched alkanes of at least 4 members (excludes halogenated alkanes) is 31. The Kier molecular flexibility index (Phi) is 37.6. The van der Waals surface area contributed by atoms with Crippen LogP contribution in [0, 0.1) is 0 Å². The van der Waals surface area contributed by atoms with E-state index in [9.17, 15) is 20.1 Å². The molecule has 3 atom stereocenters. The third-order valence-electron chi connectivity index (χ3n) is 10.2. The van der Waals surface area contributed by atoms with Gasteiger partial charge in [-0.1, -0.05) is 219 Å². The second kappa shape index (κ2) is 38.2. The predicted octanol–water partition coefficient (Wildman–Crippen LogP) is 11.9. The maximum atomic E-state index is 12.4. The average molecular weight is 668 g/mol. The Morgan fingerprint density at radius 1 is 0.447 bits per heavy atom. The third kappa shape index (κ3) is 33.6. The van der Waals surface area contributed by atoms with E-state index in [0.717, 1.165) is 32.1 Å². The number of aliphatic hydroxyl groups excluding tert-OH is 3. The highest BCUT2D eigenvalue weighted by molar-refractivity contribution is 5.76. The lowest BCUT2D eigenvalue weighted by Crippen LogP contribution is -2.50. The maximum absolute atomic E-state index is 12.4. The Hall–Kier alpha value is -0.650. The number of amides is 1. The average Bonchev–Trinajstić information content (AvgIpc) is 3.07. The Labute approximate surface area is 294 Å². The molecule has 0 aromatic heterocycles. The molecule has 4 N–H and O–H groups in total. The van der Waals surface area contributed by atoms with E-state index >= 15 is 0 Å². The first kappa shape index (κ1) is 46.4. The van der Waals surface area contributed by atoms with Crippen LogP contribution in [0.15, 0.2) is 0 Å². The Morgan fingerprint density at radius 2 is 0.723 bits per heavy atom. The minimum atomic E-state index is -1.13. The smallest absolute Gasteiger partial charge is 0.220 e. The summed E-state index contributed by atoms with van der Waals surface area (Å²) in [6.45, 7) is 4.19. The van der Waals surface area contributed by atoms with E-state index in [-0.39, 0.29) is 12.5 Å². The molecule has 5 heteroatoms. The fourth-order valence-corrected chi connectivity index (χ4v) is 6.87. The zero-order valence-corrected chi connectivity index (χ0v) is 31.9. The van der Waals surface area contributed by atoms with Gasteiger partial charge in [0.25, 0.3) is 0 Å². The molecule has 0 saturated heterocycles. The highest BCUT2D eigenvalue weighted by Gasteiger charge is 2.26. The van der Waals surface area contributed by atoms with Gasteiger partial charge >= 0.3 is 0 Å². The van der Waals surface area contributed by atoms with Crippen molar-refractivity contribution in [1.82, 2.24) is 5.32 Å². The molecule has 47 heavy (non-hydrogen) atoms. The van der Waals surface area contributed by atoms with Crippen LogP contribution in [0.3, 0.4) is 0 Å². The van der Waals surface area contributed by atoms with Crippen molar-refractivity contribution in [3.63, 3.8) is 0 Å². The number of nitrogens with one attached hydrogen (secondary N) is 1. The van der Waals surface area contributed by atoms with Gasteiger partial charge in [0.05, 0.1) is 18.8 Å². The maximum Gasteiger partial charge on any atom is 0.220 e. The molecule has 0 fully saturated rings. The van der Waals surface area contributed by atoms with Crippen molar-refractivity contribution >= 4 is 5.91 Å². The lowest BCUT2D eigenvalue weighted by molar-refractivity contribution is -0.124. The molecule has 0 spiro atoms. The van der Waals surface area contributed by atoms with Crippen LogP contribution >= 0.6 is 0 Å². The largest absolute Gasteiger partial charge is 0.394 e. The van der Waals surface area contributed by atoms with Crippen molar-refractivity contribution in [1.29, 1.82) is 0 Å². The van der Waals surface area contributed by atoms with Crippen LogP contribution in [0.5, 0.6) is 0 Å². The van der Waals surface area contributed by atoms with Gasteiger partial charge in [-0.25, -0.2) is 0 Å². The zero-order chi connectivity index (χ0) is 34.5. The molecule has 0 saturated carbocycles. The SMILES string of the molecule is CCCCCCCCCCCCCCCCCCCC(=O)N[C@@H](CO)[C@H](O)[C@H](O)CCCCCCCCCCCCCCCCCC. The van der Waals surface area contributed by atoms with Gasteiger partial charge in [-0.2, -0.15) is 0 Å². The van der Waals surface area contributed by atoms with E-state index in [0.29, 0.717) is 12.8 Å². The molecule has 0 aromatic rings. The summed E-state index contributed by atoms with van der Waals surface area (Å²) < 4.78 is 0. The molecule has 0 aliphatic carbocycles. The Bertz CT molecular complexity index is 615. The molecule has 282 valence electrons. The van der Waals surface area contributed by atoms with Crippen LogP contribution in [-0.4, -0.2) is 46.1 Å². The second-order valence-electron chi connectivity index (χ2n) is 14.9. The first-order chi connectivity index (χ1) is 23.1. The van der Waals surface area contributed by atoms with Crippen molar-refractivity contribution in [3.05, 3.63) is 0 Å². The molecule has 0 aliphatic heterocycles. The minimum Gasteiger partial charge on any atom is -0.394 e. The summed E-state index contributed by atoms with van der Waals surface area (Å²) >= 11 is 0. The molecule has 1 amide bonds. The summed E-state index contributed by atoms with van der Waals surface area (Å²) in [5.41, 5.74) is 0. The standard InChI is InChI=1S/C42H85NO4/c1-3-5-7-9-11-13-15-17-19-21-23-25-27-29-31-33-35-37-41(46)43-39(38-44)42(47)40(45)36-34-32-30-28-26-24-22-20-18-16-14-12-10-8-6-4-2/h39-40,42,44-45,47H,3-38H2,1-2H3,(H,43,46)/t39-,40+,42-/m0/s1. The topological polar surface area (TPSA) is 89.8 Å². The fraction of sp³-hybridized carbons (Fsp3) is 0.976. The molecule has 0 aromatic carbocycles. The molecule has 0 rings (SSSR count). The molecule has 0 heterocycles. The monoisotopic (exact) mass is 668 g/mol. The summed E-state index contributed by atoms with van der Waals surface area (Å²) in [5.74, 6) is -0.140. The van der Waals surface area contributed by atoms with Crippen molar-refractivity contribution in [2.45, 2.75) is 257 Å². The molecular weight excluding hydrogens is 582 g/mol. The predicted molar refractivity (Wildman–Crippen MR) is 204 cm³/mol. The van der Waals surface area contributed by atoms with E-state index in [4.69, 9.17) is 0 Å². The van der Waals surface area contributed by atoms with Gasteiger partial charge in [-0.05, 0) is 12.8 Å². The zero-order valence-electron chi connectivity index (χ0n) is 31.9. The van der Waals surface area contributed by atoms with Gasteiger partial charge in [-0.15, -0.1) is 0 Å². The number of aliphatic hydroxyl groups is 3. The summed E-state index contributed by atoms with van der Waals surface area (Å²) in [6.07, 6.45) is 42.0. The van der Waals surface area contributed by atoms with Crippen LogP contribution in [-0.2, 0) is 4.79 Å². The number of hydrogen-bond acceptors (Lipinski definition) is 4. The summed E-state index contributed by atoms with van der Waals surface area (Å²) in [7, 11) is 0. The number of hydrogen-bond donors (Lipinski definition) is 4. The summed E-state index contributed by atoms with van der Waals surface area (Å²) in [5, 5.41) is 33.5. The number of rotatable bonds is 39. The summed E-state index contributed by atoms with van der Waals surface area (Å²) in [4.78, 5) is 12.4.